The zero-order chi connectivity index (χ0) is 14.4. The van der Waals surface area contributed by atoms with Crippen LogP contribution in [-0.4, -0.2) is 56.4 Å². The van der Waals surface area contributed by atoms with Gasteiger partial charge in [-0.3, -0.25) is 4.90 Å². The Morgan fingerprint density at radius 1 is 1.20 bits per heavy atom. The van der Waals surface area contributed by atoms with E-state index in [9.17, 15) is 0 Å². The fraction of sp³-hybridized carbons (Fsp3) is 0.625. The summed E-state index contributed by atoms with van der Waals surface area (Å²) >= 11 is 0. The zero-order valence-corrected chi connectivity index (χ0v) is 12.7. The van der Waals surface area contributed by atoms with Gasteiger partial charge in [0.2, 0.25) is 0 Å². The van der Waals surface area contributed by atoms with E-state index in [0.717, 1.165) is 39.1 Å². The van der Waals surface area contributed by atoms with Crippen molar-refractivity contribution >= 4 is 5.69 Å². The lowest BCUT2D eigenvalue weighted by molar-refractivity contribution is 0.204. The van der Waals surface area contributed by atoms with Crippen LogP contribution in [-0.2, 0) is 0 Å². The van der Waals surface area contributed by atoms with E-state index in [1.54, 1.807) is 0 Å². The predicted octanol–water partition coefficient (Wildman–Crippen LogP) is 1.47. The molecule has 1 heterocycles. The van der Waals surface area contributed by atoms with Crippen molar-refractivity contribution in [2.45, 2.75) is 19.4 Å². The lowest BCUT2D eigenvalue weighted by atomic mass is 10.1. The maximum atomic E-state index is 9.08. The maximum absolute atomic E-state index is 9.08. The highest BCUT2D eigenvalue weighted by Crippen LogP contribution is 2.26. The molecule has 1 atom stereocenters. The summed E-state index contributed by atoms with van der Waals surface area (Å²) < 4.78 is 0. The van der Waals surface area contributed by atoms with Crippen molar-refractivity contribution in [2.24, 2.45) is 0 Å². The predicted molar refractivity (Wildman–Crippen MR) is 84.3 cm³/mol. The molecule has 2 rings (SSSR count). The zero-order valence-electron chi connectivity index (χ0n) is 12.7. The van der Waals surface area contributed by atoms with Crippen LogP contribution in [0.1, 0.15) is 24.9 Å². The van der Waals surface area contributed by atoms with Gasteiger partial charge in [0.15, 0.2) is 0 Å². The summed E-state index contributed by atoms with van der Waals surface area (Å²) in [5.41, 5.74) is 2.71. The monoisotopic (exact) mass is 277 g/mol. The van der Waals surface area contributed by atoms with Crippen molar-refractivity contribution in [2.75, 3.05) is 51.3 Å². The Bertz CT molecular complexity index is 410. The number of rotatable bonds is 5. The summed E-state index contributed by atoms with van der Waals surface area (Å²) in [7, 11) is 2.01. The fourth-order valence-corrected chi connectivity index (χ4v) is 2.87. The molecule has 20 heavy (non-hydrogen) atoms. The minimum atomic E-state index is 0.257. The van der Waals surface area contributed by atoms with Crippen molar-refractivity contribution < 1.29 is 5.11 Å². The first kappa shape index (κ1) is 15.3. The standard InChI is InChI=1S/C16H27N3O/c1-14(17-2)15-6-3-4-7-16(15)19-9-5-8-18(10-11-19)12-13-20/h3-4,6-7,14,17,20H,5,8-13H2,1-2H3. The van der Waals surface area contributed by atoms with Crippen molar-refractivity contribution in [3.8, 4) is 0 Å². The molecule has 0 aliphatic carbocycles. The molecule has 1 saturated heterocycles. The molecule has 0 saturated carbocycles. The van der Waals surface area contributed by atoms with Crippen LogP contribution in [0.5, 0.6) is 0 Å². The Morgan fingerprint density at radius 3 is 2.75 bits per heavy atom. The summed E-state index contributed by atoms with van der Waals surface area (Å²) in [4.78, 5) is 4.84. The van der Waals surface area contributed by atoms with Crippen LogP contribution in [0.3, 0.4) is 0 Å². The van der Waals surface area contributed by atoms with Gasteiger partial charge in [0.05, 0.1) is 6.61 Å². The molecule has 4 heteroatoms. The van der Waals surface area contributed by atoms with Gasteiger partial charge >= 0.3 is 0 Å². The Balaban J connectivity index is 2.11. The summed E-state index contributed by atoms with van der Waals surface area (Å²) in [6.07, 6.45) is 1.16. The van der Waals surface area contributed by atoms with E-state index in [4.69, 9.17) is 5.11 Å². The lowest BCUT2D eigenvalue weighted by Gasteiger charge is -2.27. The minimum Gasteiger partial charge on any atom is -0.395 e. The third-order valence-electron chi connectivity index (χ3n) is 4.18. The molecule has 1 aromatic rings. The highest BCUT2D eigenvalue weighted by atomic mass is 16.3. The number of aliphatic hydroxyl groups excluding tert-OH is 1. The van der Waals surface area contributed by atoms with Gasteiger partial charge in [0.1, 0.15) is 0 Å². The first-order valence-electron chi connectivity index (χ1n) is 7.60. The molecule has 0 aromatic heterocycles. The van der Waals surface area contributed by atoms with Gasteiger partial charge in [-0.25, -0.2) is 0 Å². The van der Waals surface area contributed by atoms with Gasteiger partial charge in [0, 0.05) is 37.9 Å². The topological polar surface area (TPSA) is 38.7 Å². The van der Waals surface area contributed by atoms with Crippen LogP contribution < -0.4 is 10.2 Å². The summed E-state index contributed by atoms with van der Waals surface area (Å²) in [6.45, 7) is 7.50. The first-order chi connectivity index (χ1) is 9.76. The second-order valence-corrected chi connectivity index (χ2v) is 5.48. The van der Waals surface area contributed by atoms with Gasteiger partial charge in [-0.1, -0.05) is 18.2 Å². The van der Waals surface area contributed by atoms with Crippen LogP contribution in [0.15, 0.2) is 24.3 Å². The number of hydrogen-bond donors (Lipinski definition) is 2. The second kappa shape index (κ2) is 7.62. The van der Waals surface area contributed by atoms with Gasteiger partial charge in [0.25, 0.3) is 0 Å². The number of β-amino-alcohol motifs (C(OH)–C–C–N with tert-alkyl or cyclic N) is 1. The maximum Gasteiger partial charge on any atom is 0.0558 e. The molecule has 112 valence electrons. The van der Waals surface area contributed by atoms with Crippen molar-refractivity contribution in [3.05, 3.63) is 29.8 Å². The number of nitrogens with zero attached hydrogens (tertiary/aromatic N) is 2. The molecule has 1 fully saturated rings. The van der Waals surface area contributed by atoms with Gasteiger partial charge in [-0.05, 0) is 38.6 Å². The van der Waals surface area contributed by atoms with Gasteiger partial charge < -0.3 is 15.3 Å². The average Bonchev–Trinajstić information content (AvgIpc) is 2.72. The highest BCUT2D eigenvalue weighted by Gasteiger charge is 2.18. The van der Waals surface area contributed by atoms with Crippen LogP contribution in [0.4, 0.5) is 5.69 Å². The summed E-state index contributed by atoms with van der Waals surface area (Å²) in [5, 5.41) is 12.4. The van der Waals surface area contributed by atoms with E-state index in [0.29, 0.717) is 6.04 Å². The van der Waals surface area contributed by atoms with Crippen molar-refractivity contribution in [1.82, 2.24) is 10.2 Å². The summed E-state index contributed by atoms with van der Waals surface area (Å²) in [5.74, 6) is 0. The van der Waals surface area contributed by atoms with E-state index in [1.807, 2.05) is 7.05 Å². The molecule has 1 aliphatic heterocycles. The molecule has 0 radical (unpaired) electrons. The van der Waals surface area contributed by atoms with Crippen LogP contribution in [0, 0.1) is 0 Å². The van der Waals surface area contributed by atoms with Gasteiger partial charge in [-0.2, -0.15) is 0 Å². The van der Waals surface area contributed by atoms with E-state index >= 15 is 0 Å². The molecule has 0 amide bonds. The van der Waals surface area contributed by atoms with Crippen molar-refractivity contribution in [1.29, 1.82) is 0 Å². The number of nitrogens with one attached hydrogen (secondary N) is 1. The Hall–Kier alpha value is -1.10. The molecule has 1 unspecified atom stereocenters. The SMILES string of the molecule is CNC(C)c1ccccc1N1CCCN(CCO)CC1. The van der Waals surface area contributed by atoms with E-state index in [1.165, 1.54) is 11.3 Å². The molecular weight excluding hydrogens is 250 g/mol. The first-order valence-corrected chi connectivity index (χ1v) is 7.60. The average molecular weight is 277 g/mol. The smallest absolute Gasteiger partial charge is 0.0558 e. The molecule has 4 nitrogen and oxygen atoms in total. The molecule has 2 N–H and O–H groups in total. The van der Waals surface area contributed by atoms with Crippen LogP contribution >= 0.6 is 0 Å². The number of benzene rings is 1. The highest BCUT2D eigenvalue weighted by molar-refractivity contribution is 5.55. The number of aliphatic hydroxyl groups is 1. The third-order valence-corrected chi connectivity index (χ3v) is 4.18. The molecule has 0 spiro atoms. The van der Waals surface area contributed by atoms with Gasteiger partial charge in [-0.15, -0.1) is 0 Å². The quantitative estimate of drug-likeness (QED) is 0.855. The van der Waals surface area contributed by atoms with Crippen LogP contribution in [0.2, 0.25) is 0 Å². The molecule has 1 aliphatic rings. The summed E-state index contributed by atoms with van der Waals surface area (Å²) in [6, 6.07) is 9.04. The normalized spacial score (nSPS) is 18.9. The lowest BCUT2D eigenvalue weighted by Crippen LogP contribution is -2.33. The van der Waals surface area contributed by atoms with Crippen molar-refractivity contribution in [3.63, 3.8) is 0 Å². The number of anilines is 1. The molecular formula is C16H27N3O. The number of para-hydroxylation sites is 1. The third kappa shape index (κ3) is 3.72. The second-order valence-electron chi connectivity index (χ2n) is 5.48. The van der Waals surface area contributed by atoms with E-state index in [-0.39, 0.29) is 6.61 Å². The largest absolute Gasteiger partial charge is 0.395 e. The van der Waals surface area contributed by atoms with E-state index in [2.05, 4.69) is 46.3 Å². The molecule has 0 bridgehead atoms. The fourth-order valence-electron chi connectivity index (χ4n) is 2.87. The Labute approximate surface area is 122 Å². The molecule has 1 aromatic carbocycles. The Kier molecular flexibility index (Phi) is 5.83. The number of hydrogen-bond acceptors (Lipinski definition) is 4. The minimum absolute atomic E-state index is 0.257. The van der Waals surface area contributed by atoms with Crippen LogP contribution in [0.25, 0.3) is 0 Å². The van der Waals surface area contributed by atoms with E-state index < -0.39 is 0 Å². The Morgan fingerprint density at radius 2 is 2.00 bits per heavy atom.